The van der Waals surface area contributed by atoms with Gasteiger partial charge in [-0.15, -0.1) is 0 Å². The number of para-hydroxylation sites is 2. The van der Waals surface area contributed by atoms with Crippen LogP contribution in [0.15, 0.2) is 48.5 Å². The van der Waals surface area contributed by atoms with Gasteiger partial charge in [-0.05, 0) is 49.7 Å². The second kappa shape index (κ2) is 12.0. The van der Waals surface area contributed by atoms with Gasteiger partial charge in [0.05, 0.1) is 32.2 Å². The highest BCUT2D eigenvalue weighted by molar-refractivity contribution is 7.92. The Morgan fingerprint density at radius 3 is 2.32 bits per heavy atom. The van der Waals surface area contributed by atoms with E-state index in [9.17, 15) is 13.2 Å². The van der Waals surface area contributed by atoms with Gasteiger partial charge in [-0.25, -0.2) is 8.42 Å². The first kappa shape index (κ1) is 24.3. The quantitative estimate of drug-likeness (QED) is 0.472. The van der Waals surface area contributed by atoms with Crippen molar-refractivity contribution in [3.05, 3.63) is 48.5 Å². The van der Waals surface area contributed by atoms with Crippen LogP contribution in [0.25, 0.3) is 0 Å². The van der Waals surface area contributed by atoms with E-state index >= 15 is 0 Å². The van der Waals surface area contributed by atoms with Crippen molar-refractivity contribution in [2.24, 2.45) is 0 Å². The van der Waals surface area contributed by atoms with Crippen LogP contribution in [-0.2, 0) is 14.8 Å². The monoisotopic (exact) mass is 450 g/mol. The van der Waals surface area contributed by atoms with Crippen LogP contribution in [0, 0.1) is 0 Å². The summed E-state index contributed by atoms with van der Waals surface area (Å²) in [6.45, 7) is 3.26. The fourth-order valence-corrected chi connectivity index (χ4v) is 3.89. The molecule has 1 amide bonds. The summed E-state index contributed by atoms with van der Waals surface area (Å²) in [4.78, 5) is 12.1. The average Bonchev–Trinajstić information content (AvgIpc) is 2.75. The molecule has 170 valence electrons. The smallest absolute Gasteiger partial charge is 0.232 e. The maximum Gasteiger partial charge on any atom is 0.232 e. The number of hydrogen-bond acceptors (Lipinski definition) is 6. The third-order valence-electron chi connectivity index (χ3n) is 4.35. The van der Waals surface area contributed by atoms with Crippen molar-refractivity contribution in [3.8, 4) is 17.2 Å². The molecule has 0 bridgehead atoms. The number of benzene rings is 2. The molecule has 0 atom stereocenters. The van der Waals surface area contributed by atoms with Gasteiger partial charge in [-0.3, -0.25) is 9.10 Å². The van der Waals surface area contributed by atoms with Gasteiger partial charge < -0.3 is 19.5 Å². The third-order valence-corrected chi connectivity index (χ3v) is 5.55. The van der Waals surface area contributed by atoms with Gasteiger partial charge in [0.15, 0.2) is 11.5 Å². The Hall–Kier alpha value is -2.94. The van der Waals surface area contributed by atoms with E-state index < -0.39 is 10.0 Å². The van der Waals surface area contributed by atoms with Crippen molar-refractivity contribution in [2.75, 3.05) is 44.0 Å². The van der Waals surface area contributed by atoms with E-state index in [1.807, 2.05) is 19.1 Å². The van der Waals surface area contributed by atoms with Gasteiger partial charge in [0.1, 0.15) is 12.4 Å². The SMILES string of the molecule is CCOc1ccc(N(CCCC(=O)NCCOc2ccccc2OC)S(C)(=O)=O)cc1. The Morgan fingerprint density at radius 2 is 1.71 bits per heavy atom. The molecule has 9 heteroatoms. The standard InChI is InChI=1S/C22H30N2O6S/c1-4-29-19-13-11-18(12-14-19)24(31(3,26)27)16-7-10-22(25)23-15-17-30-21-9-6-5-8-20(21)28-2/h5-6,8-9,11-14H,4,7,10,15-17H2,1-3H3,(H,23,25). The molecule has 0 aliphatic rings. The lowest BCUT2D eigenvalue weighted by Crippen LogP contribution is -2.32. The summed E-state index contributed by atoms with van der Waals surface area (Å²) in [5.74, 6) is 1.75. The van der Waals surface area contributed by atoms with Crippen LogP contribution in [0.4, 0.5) is 5.69 Å². The fourth-order valence-electron chi connectivity index (χ4n) is 2.92. The third kappa shape index (κ3) is 8.01. The highest BCUT2D eigenvalue weighted by Gasteiger charge is 2.17. The number of rotatable bonds is 13. The van der Waals surface area contributed by atoms with Gasteiger partial charge in [0, 0.05) is 13.0 Å². The van der Waals surface area contributed by atoms with Gasteiger partial charge in [-0.2, -0.15) is 0 Å². The molecule has 8 nitrogen and oxygen atoms in total. The zero-order valence-corrected chi connectivity index (χ0v) is 19.0. The Morgan fingerprint density at radius 1 is 1.03 bits per heavy atom. The lowest BCUT2D eigenvalue weighted by Gasteiger charge is -2.22. The predicted octanol–water partition coefficient (Wildman–Crippen LogP) is 2.84. The highest BCUT2D eigenvalue weighted by Crippen LogP contribution is 2.25. The van der Waals surface area contributed by atoms with Crippen molar-refractivity contribution in [2.45, 2.75) is 19.8 Å². The summed E-state index contributed by atoms with van der Waals surface area (Å²) in [6.07, 6.45) is 1.75. The molecule has 0 aliphatic carbocycles. The number of ether oxygens (including phenoxy) is 3. The zero-order valence-electron chi connectivity index (χ0n) is 18.2. The normalized spacial score (nSPS) is 10.9. The average molecular weight is 451 g/mol. The molecule has 0 saturated carbocycles. The van der Waals surface area contributed by atoms with Crippen LogP contribution < -0.4 is 23.8 Å². The van der Waals surface area contributed by atoms with E-state index in [1.165, 1.54) is 4.31 Å². The number of hydrogen-bond donors (Lipinski definition) is 1. The molecule has 2 aromatic rings. The topological polar surface area (TPSA) is 94.2 Å². The maximum absolute atomic E-state index is 12.2. The number of nitrogens with zero attached hydrogens (tertiary/aromatic N) is 1. The number of anilines is 1. The van der Waals surface area contributed by atoms with Gasteiger partial charge in [0.2, 0.25) is 15.9 Å². The summed E-state index contributed by atoms with van der Waals surface area (Å²) < 4.78 is 41.9. The van der Waals surface area contributed by atoms with Crippen LogP contribution >= 0.6 is 0 Å². The van der Waals surface area contributed by atoms with E-state index in [0.29, 0.717) is 49.1 Å². The zero-order chi connectivity index (χ0) is 22.7. The van der Waals surface area contributed by atoms with E-state index in [2.05, 4.69) is 5.32 Å². The van der Waals surface area contributed by atoms with Crippen LogP contribution in [0.1, 0.15) is 19.8 Å². The van der Waals surface area contributed by atoms with Gasteiger partial charge in [-0.1, -0.05) is 12.1 Å². The van der Waals surface area contributed by atoms with Crippen molar-refractivity contribution in [3.63, 3.8) is 0 Å². The summed E-state index contributed by atoms with van der Waals surface area (Å²) in [5.41, 5.74) is 0.538. The number of methoxy groups -OCH3 is 1. The first-order chi connectivity index (χ1) is 14.8. The molecule has 0 heterocycles. The largest absolute Gasteiger partial charge is 0.494 e. The molecule has 2 rings (SSSR count). The van der Waals surface area contributed by atoms with Crippen LogP contribution in [0.2, 0.25) is 0 Å². The number of carbonyl (C=O) groups is 1. The molecule has 2 aromatic carbocycles. The first-order valence-electron chi connectivity index (χ1n) is 10.1. The summed E-state index contributed by atoms with van der Waals surface area (Å²) >= 11 is 0. The first-order valence-corrected chi connectivity index (χ1v) is 11.9. The fraction of sp³-hybridized carbons (Fsp3) is 0.409. The Bertz CT molecular complexity index is 931. The predicted molar refractivity (Wildman–Crippen MR) is 121 cm³/mol. The lowest BCUT2D eigenvalue weighted by atomic mass is 10.2. The molecule has 0 unspecified atom stereocenters. The molecule has 0 radical (unpaired) electrons. The Balaban J connectivity index is 1.78. The number of amides is 1. The van der Waals surface area contributed by atoms with Gasteiger partial charge in [0.25, 0.3) is 0 Å². The molecular weight excluding hydrogens is 420 g/mol. The van der Waals surface area contributed by atoms with E-state index in [1.54, 1.807) is 43.5 Å². The second-order valence-electron chi connectivity index (χ2n) is 6.71. The van der Waals surface area contributed by atoms with Crippen molar-refractivity contribution in [1.82, 2.24) is 5.32 Å². The molecule has 0 saturated heterocycles. The molecule has 31 heavy (non-hydrogen) atoms. The van der Waals surface area contributed by atoms with Crippen molar-refractivity contribution >= 4 is 21.6 Å². The lowest BCUT2D eigenvalue weighted by molar-refractivity contribution is -0.121. The molecule has 0 aromatic heterocycles. The molecule has 0 spiro atoms. The van der Waals surface area contributed by atoms with Crippen LogP contribution in [-0.4, -0.2) is 54.0 Å². The van der Waals surface area contributed by atoms with E-state index in [4.69, 9.17) is 14.2 Å². The van der Waals surface area contributed by atoms with Crippen LogP contribution in [0.3, 0.4) is 0 Å². The maximum atomic E-state index is 12.2. The number of sulfonamides is 1. The molecule has 1 N–H and O–H groups in total. The second-order valence-corrected chi connectivity index (χ2v) is 8.62. The minimum Gasteiger partial charge on any atom is -0.494 e. The molecular formula is C22H30N2O6S. The Labute approximate surface area is 184 Å². The number of nitrogens with one attached hydrogen (secondary N) is 1. The minimum absolute atomic E-state index is 0.163. The van der Waals surface area contributed by atoms with E-state index in [0.717, 1.165) is 6.26 Å². The molecule has 0 aliphatic heterocycles. The van der Waals surface area contributed by atoms with Crippen molar-refractivity contribution < 1.29 is 27.4 Å². The number of carbonyl (C=O) groups excluding carboxylic acids is 1. The minimum atomic E-state index is -3.47. The van der Waals surface area contributed by atoms with E-state index in [-0.39, 0.29) is 18.9 Å². The summed E-state index contributed by atoms with van der Waals surface area (Å²) in [5, 5.41) is 2.77. The highest BCUT2D eigenvalue weighted by atomic mass is 32.2. The van der Waals surface area contributed by atoms with Crippen molar-refractivity contribution in [1.29, 1.82) is 0 Å². The summed E-state index contributed by atoms with van der Waals surface area (Å²) in [6, 6.07) is 14.1. The van der Waals surface area contributed by atoms with Gasteiger partial charge >= 0.3 is 0 Å². The summed E-state index contributed by atoms with van der Waals surface area (Å²) in [7, 11) is -1.90. The van der Waals surface area contributed by atoms with Crippen LogP contribution in [0.5, 0.6) is 17.2 Å². The Kier molecular flexibility index (Phi) is 9.45. The molecule has 0 fully saturated rings.